The second kappa shape index (κ2) is 7.24. The quantitative estimate of drug-likeness (QED) is 0.697. The fraction of sp³-hybridized carbons (Fsp3) is 0.500. The average Bonchev–Trinajstić information content (AvgIpc) is 3.24. The number of likely N-dealkylation sites (N-methyl/N-ethyl adjacent to an activating group) is 1. The molecule has 2 rings (SSSR count). The Morgan fingerprint density at radius 1 is 1.41 bits per heavy atom. The molecular formula is C16H23BrN3O2+. The first-order valence-corrected chi connectivity index (χ1v) is 8.35. The van der Waals surface area contributed by atoms with Gasteiger partial charge in [0.2, 0.25) is 0 Å². The smallest absolute Gasteiger partial charge is 0.279 e. The molecule has 1 aromatic carbocycles. The molecule has 1 aliphatic carbocycles. The third-order valence-electron chi connectivity index (χ3n) is 3.96. The first-order valence-electron chi connectivity index (χ1n) is 7.55. The molecule has 0 spiro atoms. The highest BCUT2D eigenvalue weighted by molar-refractivity contribution is 9.10. The predicted molar refractivity (Wildman–Crippen MR) is 89.9 cm³/mol. The van der Waals surface area contributed by atoms with Gasteiger partial charge < -0.3 is 15.5 Å². The Morgan fingerprint density at radius 2 is 2.09 bits per heavy atom. The van der Waals surface area contributed by atoms with Gasteiger partial charge in [0, 0.05) is 16.2 Å². The number of halogens is 1. The van der Waals surface area contributed by atoms with E-state index in [1.165, 1.54) is 0 Å². The summed E-state index contributed by atoms with van der Waals surface area (Å²) in [7, 11) is 1.87. The third-order valence-corrected chi connectivity index (χ3v) is 4.45. The van der Waals surface area contributed by atoms with Gasteiger partial charge in [0.1, 0.15) is 0 Å². The van der Waals surface area contributed by atoms with Gasteiger partial charge in [0.05, 0.1) is 7.05 Å². The maximum absolute atomic E-state index is 12.1. The number of benzene rings is 1. The first kappa shape index (κ1) is 17.0. The molecular weight excluding hydrogens is 346 g/mol. The molecule has 0 radical (unpaired) electrons. The van der Waals surface area contributed by atoms with E-state index >= 15 is 0 Å². The van der Waals surface area contributed by atoms with Crippen molar-refractivity contribution >= 4 is 33.4 Å². The molecule has 6 heteroatoms. The van der Waals surface area contributed by atoms with Crippen LogP contribution in [0.2, 0.25) is 0 Å². The highest BCUT2D eigenvalue weighted by Crippen LogP contribution is 2.20. The molecule has 2 amide bonds. The molecule has 0 heterocycles. The SMILES string of the molecule is Cc1cc(Br)ccc1NC(=O)C[NH+](C)[C@@H](C)C(=O)NC1CC1. The lowest BCUT2D eigenvalue weighted by atomic mass is 10.2. The second-order valence-electron chi connectivity index (χ2n) is 6.04. The number of rotatable bonds is 6. The highest BCUT2D eigenvalue weighted by atomic mass is 79.9. The van der Waals surface area contributed by atoms with E-state index < -0.39 is 0 Å². The zero-order valence-corrected chi connectivity index (χ0v) is 14.8. The van der Waals surface area contributed by atoms with Crippen LogP contribution in [0.15, 0.2) is 22.7 Å². The van der Waals surface area contributed by atoms with Crippen LogP contribution in [0, 0.1) is 6.92 Å². The first-order chi connectivity index (χ1) is 10.4. The van der Waals surface area contributed by atoms with Gasteiger partial charge in [-0.25, -0.2) is 0 Å². The van der Waals surface area contributed by atoms with Gasteiger partial charge >= 0.3 is 0 Å². The average molecular weight is 369 g/mol. The number of nitrogens with one attached hydrogen (secondary N) is 3. The van der Waals surface area contributed by atoms with Crippen LogP contribution >= 0.6 is 15.9 Å². The largest absolute Gasteiger partial charge is 0.348 e. The molecule has 0 aromatic heterocycles. The molecule has 120 valence electrons. The molecule has 1 aromatic rings. The Balaban J connectivity index is 1.85. The van der Waals surface area contributed by atoms with Crippen LogP contribution in [0.5, 0.6) is 0 Å². The van der Waals surface area contributed by atoms with Crippen LogP contribution in [0.4, 0.5) is 5.69 Å². The molecule has 1 fully saturated rings. The third kappa shape index (κ3) is 4.81. The Labute approximate surface area is 139 Å². The lowest BCUT2D eigenvalue weighted by molar-refractivity contribution is -0.885. The number of carbonyl (C=O) groups excluding carboxylic acids is 2. The summed E-state index contributed by atoms with van der Waals surface area (Å²) in [5.74, 6) is -0.0679. The van der Waals surface area contributed by atoms with Crippen molar-refractivity contribution in [2.45, 2.75) is 38.8 Å². The van der Waals surface area contributed by atoms with Gasteiger partial charge in [0.15, 0.2) is 12.6 Å². The molecule has 0 bridgehead atoms. The van der Waals surface area contributed by atoms with Gasteiger partial charge in [-0.15, -0.1) is 0 Å². The van der Waals surface area contributed by atoms with Crippen molar-refractivity contribution in [3.8, 4) is 0 Å². The molecule has 1 saturated carbocycles. The van der Waals surface area contributed by atoms with E-state index in [0.717, 1.165) is 33.5 Å². The van der Waals surface area contributed by atoms with Gasteiger partial charge in [0.25, 0.3) is 11.8 Å². The number of hydrogen-bond acceptors (Lipinski definition) is 2. The fourth-order valence-electron chi connectivity index (χ4n) is 2.15. The number of hydrogen-bond donors (Lipinski definition) is 3. The standard InChI is InChI=1S/C16H22BrN3O2/c1-10-8-12(17)4-7-14(10)19-15(21)9-20(3)11(2)16(22)18-13-5-6-13/h4,7-8,11,13H,5-6,9H2,1-3H3,(H,18,22)(H,19,21)/p+1/t11-/m0/s1. The number of carbonyl (C=O) groups is 2. The van der Waals surface area contributed by atoms with Crippen molar-refractivity contribution in [1.82, 2.24) is 5.32 Å². The van der Waals surface area contributed by atoms with E-state index in [1.54, 1.807) is 0 Å². The van der Waals surface area contributed by atoms with Crippen molar-refractivity contribution in [2.24, 2.45) is 0 Å². The summed E-state index contributed by atoms with van der Waals surface area (Å²) < 4.78 is 0.983. The second-order valence-corrected chi connectivity index (χ2v) is 6.95. The number of anilines is 1. The van der Waals surface area contributed by atoms with Gasteiger partial charge in [-0.3, -0.25) is 9.59 Å². The van der Waals surface area contributed by atoms with Crippen LogP contribution in [-0.2, 0) is 9.59 Å². The summed E-state index contributed by atoms with van der Waals surface area (Å²) >= 11 is 3.40. The van der Waals surface area contributed by atoms with Crippen molar-refractivity contribution in [2.75, 3.05) is 18.9 Å². The maximum Gasteiger partial charge on any atom is 0.279 e. The summed E-state index contributed by atoms with van der Waals surface area (Å²) in [6, 6.07) is 5.83. The van der Waals surface area contributed by atoms with Gasteiger partial charge in [-0.05, 0) is 50.5 Å². The lowest BCUT2D eigenvalue weighted by Gasteiger charge is -2.20. The van der Waals surface area contributed by atoms with Crippen LogP contribution in [0.25, 0.3) is 0 Å². The summed E-state index contributed by atoms with van der Waals surface area (Å²) in [6.45, 7) is 4.06. The fourth-order valence-corrected chi connectivity index (χ4v) is 2.62. The zero-order valence-electron chi connectivity index (χ0n) is 13.2. The zero-order chi connectivity index (χ0) is 16.3. The minimum Gasteiger partial charge on any atom is -0.348 e. The van der Waals surface area contributed by atoms with E-state index in [4.69, 9.17) is 0 Å². The topological polar surface area (TPSA) is 62.6 Å². The Hall–Kier alpha value is -1.40. The van der Waals surface area contributed by atoms with E-state index in [9.17, 15) is 9.59 Å². The maximum atomic E-state index is 12.1. The summed E-state index contributed by atoms with van der Waals surface area (Å²) in [5.41, 5.74) is 1.80. The molecule has 22 heavy (non-hydrogen) atoms. The Bertz CT molecular complexity index is 573. The van der Waals surface area contributed by atoms with E-state index in [1.807, 2.05) is 39.1 Å². The molecule has 0 saturated heterocycles. The number of quaternary nitrogens is 1. The van der Waals surface area contributed by atoms with Gasteiger partial charge in [-0.2, -0.15) is 0 Å². The number of amides is 2. The molecule has 1 unspecified atom stereocenters. The van der Waals surface area contributed by atoms with Crippen molar-refractivity contribution < 1.29 is 14.5 Å². The van der Waals surface area contributed by atoms with Crippen LogP contribution in [-0.4, -0.2) is 37.5 Å². The van der Waals surface area contributed by atoms with Crippen molar-refractivity contribution in [3.63, 3.8) is 0 Å². The minimum atomic E-state index is -0.239. The lowest BCUT2D eigenvalue weighted by Crippen LogP contribution is -3.15. The number of aryl methyl sites for hydroxylation is 1. The minimum absolute atomic E-state index is 0.0209. The highest BCUT2D eigenvalue weighted by Gasteiger charge is 2.29. The monoisotopic (exact) mass is 368 g/mol. The van der Waals surface area contributed by atoms with Crippen LogP contribution in [0.3, 0.4) is 0 Å². The summed E-state index contributed by atoms with van der Waals surface area (Å²) in [6.07, 6.45) is 2.14. The predicted octanol–water partition coefficient (Wildman–Crippen LogP) is 0.878. The summed E-state index contributed by atoms with van der Waals surface area (Å²) in [5, 5.41) is 5.88. The van der Waals surface area contributed by atoms with Gasteiger partial charge in [-0.1, -0.05) is 15.9 Å². The molecule has 5 nitrogen and oxygen atoms in total. The van der Waals surface area contributed by atoms with E-state index in [0.29, 0.717) is 6.04 Å². The molecule has 1 aliphatic rings. The Kier molecular flexibility index (Phi) is 5.58. The van der Waals surface area contributed by atoms with Crippen LogP contribution < -0.4 is 15.5 Å². The van der Waals surface area contributed by atoms with Crippen molar-refractivity contribution in [1.29, 1.82) is 0 Å². The Morgan fingerprint density at radius 3 is 2.68 bits per heavy atom. The summed E-state index contributed by atoms with van der Waals surface area (Å²) in [4.78, 5) is 25.0. The molecule has 2 atom stereocenters. The van der Waals surface area contributed by atoms with E-state index in [-0.39, 0.29) is 24.4 Å². The molecule has 3 N–H and O–H groups in total. The van der Waals surface area contributed by atoms with E-state index in [2.05, 4.69) is 26.6 Å². The van der Waals surface area contributed by atoms with Crippen molar-refractivity contribution in [3.05, 3.63) is 28.2 Å². The normalized spacial score (nSPS) is 16.7. The van der Waals surface area contributed by atoms with Crippen LogP contribution in [0.1, 0.15) is 25.3 Å². The molecule has 0 aliphatic heterocycles.